The third kappa shape index (κ3) is 4.37. The van der Waals surface area contributed by atoms with Crippen LogP contribution in [0.2, 0.25) is 0 Å². The molecule has 7 rings (SSSR count). The average molecular weight is 623 g/mol. The van der Waals surface area contributed by atoms with Gasteiger partial charge in [-0.1, -0.05) is 58.0 Å². The number of ether oxygens (including phenoxy) is 1. The molecule has 12 nitrogen and oxygen atoms in total. The minimum atomic E-state index is -1.28. The fourth-order valence-electron chi connectivity index (χ4n) is 6.61. The van der Waals surface area contributed by atoms with Gasteiger partial charge >= 0.3 is 0 Å². The van der Waals surface area contributed by atoms with Gasteiger partial charge in [-0.2, -0.15) is 10.2 Å². The lowest BCUT2D eigenvalue weighted by atomic mass is 9.72. The first-order valence-corrected chi connectivity index (χ1v) is 15.4. The van der Waals surface area contributed by atoms with Crippen molar-refractivity contribution in [2.75, 3.05) is 5.32 Å². The Morgan fingerprint density at radius 3 is 2.61 bits per heavy atom. The Kier molecular flexibility index (Phi) is 6.90. The van der Waals surface area contributed by atoms with Crippen molar-refractivity contribution in [2.45, 2.75) is 70.9 Å². The first-order chi connectivity index (χ1) is 22.0. The Morgan fingerprint density at radius 1 is 1.11 bits per heavy atom. The Balaban J connectivity index is 1.49. The quantitative estimate of drug-likeness (QED) is 0.256. The summed E-state index contributed by atoms with van der Waals surface area (Å²) in [6.07, 6.45) is -1.76. The fourth-order valence-corrected chi connectivity index (χ4v) is 6.61. The maximum atomic E-state index is 13.9. The SMILES string of the molecule is Cc1oc(-c2nc3oc2[C@@]24c5ccccc5NC2Oc2ccc(cc24)CC(NC(=O)[C@@H](O)C(C)C)C(=O)NC3C(C)C)nc1C#N. The van der Waals surface area contributed by atoms with E-state index < -0.39 is 41.6 Å². The molecule has 5 heterocycles. The third-order valence-electron chi connectivity index (χ3n) is 9.06. The second-order valence-corrected chi connectivity index (χ2v) is 12.8. The summed E-state index contributed by atoms with van der Waals surface area (Å²) < 4.78 is 19.3. The second kappa shape index (κ2) is 10.7. The van der Waals surface area contributed by atoms with Crippen molar-refractivity contribution in [1.29, 1.82) is 5.26 Å². The Morgan fingerprint density at radius 2 is 1.89 bits per heavy atom. The number of hydrogen-bond donors (Lipinski definition) is 4. The van der Waals surface area contributed by atoms with E-state index in [1.807, 2.05) is 56.3 Å². The van der Waals surface area contributed by atoms with Crippen LogP contribution in [0.1, 0.15) is 73.5 Å². The molecule has 236 valence electrons. The number of aliphatic hydroxyl groups is 1. The van der Waals surface area contributed by atoms with Gasteiger partial charge in [0.05, 0.1) is 0 Å². The van der Waals surface area contributed by atoms with Gasteiger partial charge in [0.15, 0.2) is 23.4 Å². The number of aromatic nitrogens is 2. The van der Waals surface area contributed by atoms with Crippen molar-refractivity contribution in [1.82, 2.24) is 20.6 Å². The van der Waals surface area contributed by atoms with Crippen LogP contribution in [-0.2, 0) is 21.4 Å². The van der Waals surface area contributed by atoms with Crippen LogP contribution in [0, 0.1) is 30.1 Å². The van der Waals surface area contributed by atoms with E-state index >= 15 is 0 Å². The maximum Gasteiger partial charge on any atom is 0.250 e. The molecule has 0 saturated heterocycles. The van der Waals surface area contributed by atoms with E-state index in [0.29, 0.717) is 17.3 Å². The van der Waals surface area contributed by atoms with E-state index in [2.05, 4.69) is 27.0 Å². The van der Waals surface area contributed by atoms with Crippen molar-refractivity contribution in [3.05, 3.63) is 82.3 Å². The van der Waals surface area contributed by atoms with Gasteiger partial charge in [-0.15, -0.1) is 0 Å². The van der Waals surface area contributed by atoms with Crippen LogP contribution in [0.4, 0.5) is 5.69 Å². The van der Waals surface area contributed by atoms with Crippen LogP contribution in [0.15, 0.2) is 51.3 Å². The van der Waals surface area contributed by atoms with Gasteiger partial charge in [-0.3, -0.25) is 9.59 Å². The number of aliphatic hydroxyl groups excluding tert-OH is 1. The molecule has 3 aliphatic heterocycles. The minimum absolute atomic E-state index is 0.109. The van der Waals surface area contributed by atoms with Crippen molar-refractivity contribution in [2.24, 2.45) is 11.8 Å². The summed E-state index contributed by atoms with van der Waals surface area (Å²) in [7, 11) is 0. The van der Waals surface area contributed by atoms with E-state index in [4.69, 9.17) is 18.6 Å². The molecule has 4 bridgehead atoms. The number of para-hydroxylation sites is 1. The smallest absolute Gasteiger partial charge is 0.250 e. The number of nitrogens with zero attached hydrogens (tertiary/aromatic N) is 3. The molecule has 46 heavy (non-hydrogen) atoms. The Hall–Kier alpha value is -5.15. The van der Waals surface area contributed by atoms with Gasteiger partial charge in [0, 0.05) is 17.7 Å². The van der Waals surface area contributed by atoms with Crippen LogP contribution in [0.5, 0.6) is 5.75 Å². The zero-order valence-corrected chi connectivity index (χ0v) is 26.0. The molecular formula is C34H34N6O6. The third-order valence-corrected chi connectivity index (χ3v) is 9.06. The number of nitriles is 1. The summed E-state index contributed by atoms with van der Waals surface area (Å²) in [5.74, 6) is 0.0380. The molecule has 4 N–H and O–H groups in total. The normalized spacial score (nSPS) is 23.3. The molecule has 0 radical (unpaired) electrons. The standard InChI is InChI=1S/C34H34N6O6/c1-15(2)25-31-40-26(32-37-23(14-35)17(5)44-32)28(46-31)34-19-8-6-7-9-21(19)38-33(34)45-24-11-10-18(12-20(24)34)13-22(29(42)39-25)36-30(43)27(41)16(3)4/h6-12,15-16,22,25,27,33,38,41H,13H2,1-5H3,(H,36,43)(H,39,42)/t22?,25?,27-,33?,34-/m0/s1. The average Bonchev–Trinajstić information content (AvgIpc) is 3.77. The van der Waals surface area contributed by atoms with Gasteiger partial charge < -0.3 is 34.6 Å². The highest BCUT2D eigenvalue weighted by atomic mass is 16.5. The molecule has 3 aliphatic rings. The molecule has 0 aliphatic carbocycles. The van der Waals surface area contributed by atoms with E-state index in [0.717, 1.165) is 22.4 Å². The number of benzene rings is 2. The zero-order valence-electron chi connectivity index (χ0n) is 26.0. The van der Waals surface area contributed by atoms with Gasteiger partial charge in [0.25, 0.3) is 0 Å². The number of hydrogen-bond acceptors (Lipinski definition) is 10. The van der Waals surface area contributed by atoms with Crippen LogP contribution in [-0.4, -0.2) is 45.3 Å². The summed E-state index contributed by atoms with van der Waals surface area (Å²) in [4.78, 5) is 36.4. The number of nitrogens with one attached hydrogen (secondary N) is 3. The topological polar surface area (TPSA) is 176 Å². The number of carbonyl (C=O) groups excluding carboxylic acids is 2. The van der Waals surface area contributed by atoms with Crippen molar-refractivity contribution in [3.63, 3.8) is 0 Å². The summed E-state index contributed by atoms with van der Waals surface area (Å²) in [6, 6.07) is 13.8. The lowest BCUT2D eigenvalue weighted by Crippen LogP contribution is -2.52. The van der Waals surface area contributed by atoms with Crippen molar-refractivity contribution < 1.29 is 28.3 Å². The molecule has 0 fully saturated rings. The molecule has 12 heteroatoms. The lowest BCUT2D eigenvalue weighted by molar-refractivity contribution is -0.135. The number of amides is 2. The van der Waals surface area contributed by atoms with E-state index in [9.17, 15) is 20.0 Å². The first kappa shape index (κ1) is 29.6. The predicted molar refractivity (Wildman–Crippen MR) is 164 cm³/mol. The van der Waals surface area contributed by atoms with Gasteiger partial charge in [-0.05, 0) is 42.0 Å². The highest BCUT2D eigenvalue weighted by Gasteiger charge is 2.61. The minimum Gasteiger partial charge on any atom is -0.469 e. The number of oxazole rings is 2. The van der Waals surface area contributed by atoms with Crippen molar-refractivity contribution >= 4 is 17.5 Å². The molecular weight excluding hydrogens is 588 g/mol. The molecule has 5 atom stereocenters. The lowest BCUT2D eigenvalue weighted by Gasteiger charge is -2.29. The molecule has 2 amide bonds. The molecule has 0 saturated carbocycles. The van der Waals surface area contributed by atoms with Gasteiger partial charge in [0.2, 0.25) is 23.6 Å². The van der Waals surface area contributed by atoms with E-state index in [1.54, 1.807) is 20.8 Å². The molecule has 2 aromatic heterocycles. The number of carbonyl (C=O) groups is 2. The van der Waals surface area contributed by atoms with Crippen LogP contribution >= 0.6 is 0 Å². The maximum absolute atomic E-state index is 13.9. The number of anilines is 1. The van der Waals surface area contributed by atoms with Gasteiger partial charge in [0.1, 0.15) is 41.2 Å². The molecule has 3 unspecified atom stereocenters. The summed E-state index contributed by atoms with van der Waals surface area (Å²) in [6.45, 7) is 8.97. The Labute approximate surface area is 265 Å². The zero-order chi connectivity index (χ0) is 32.5. The number of aryl methyl sites for hydroxylation is 1. The van der Waals surface area contributed by atoms with Crippen LogP contribution < -0.4 is 20.7 Å². The predicted octanol–water partition coefficient (Wildman–Crippen LogP) is 3.86. The fraction of sp³-hybridized carbons (Fsp3) is 0.382. The van der Waals surface area contributed by atoms with Gasteiger partial charge in [-0.25, -0.2) is 4.98 Å². The van der Waals surface area contributed by atoms with E-state index in [-0.39, 0.29) is 41.4 Å². The van der Waals surface area contributed by atoms with Crippen LogP contribution in [0.25, 0.3) is 11.6 Å². The van der Waals surface area contributed by atoms with Crippen molar-refractivity contribution in [3.8, 4) is 23.4 Å². The number of fused-ring (bicyclic) bond motifs is 4. The molecule has 4 aromatic rings. The summed E-state index contributed by atoms with van der Waals surface area (Å²) >= 11 is 0. The highest BCUT2D eigenvalue weighted by Crippen LogP contribution is 2.59. The largest absolute Gasteiger partial charge is 0.469 e. The molecule has 1 spiro atoms. The van der Waals surface area contributed by atoms with E-state index in [1.165, 1.54) is 0 Å². The second-order valence-electron chi connectivity index (χ2n) is 12.8. The monoisotopic (exact) mass is 622 g/mol. The first-order valence-electron chi connectivity index (χ1n) is 15.4. The van der Waals surface area contributed by atoms with Crippen LogP contribution in [0.3, 0.4) is 0 Å². The summed E-state index contributed by atoms with van der Waals surface area (Å²) in [5, 5.41) is 29.5. The number of rotatable bonds is 5. The highest BCUT2D eigenvalue weighted by molar-refractivity contribution is 5.90. The Bertz CT molecular complexity index is 1920. The molecule has 2 aromatic carbocycles. The summed E-state index contributed by atoms with van der Waals surface area (Å²) in [5.41, 5.74) is 2.62.